The maximum absolute atomic E-state index is 13.0. The topological polar surface area (TPSA) is 119 Å². The third-order valence-electron chi connectivity index (χ3n) is 14.1. The lowest BCUT2D eigenvalue weighted by Gasteiger charge is -2.66. The summed E-state index contributed by atoms with van der Waals surface area (Å²) in [4.78, 5) is 12.6. The molecule has 5 heterocycles. The van der Waals surface area contributed by atoms with Crippen molar-refractivity contribution < 1.29 is 23.4 Å². The van der Waals surface area contributed by atoms with Crippen LogP contribution in [0.25, 0.3) is 0 Å². The molecule has 5 aliphatic heterocycles. The molecule has 5 saturated heterocycles. The van der Waals surface area contributed by atoms with E-state index in [1.807, 2.05) is 0 Å². The second-order valence-corrected chi connectivity index (χ2v) is 17.1. The zero-order valence-corrected chi connectivity index (χ0v) is 26.0. The second kappa shape index (κ2) is 10.1. The molecule has 0 aromatic heterocycles. The van der Waals surface area contributed by atoms with Crippen LogP contribution in [0.2, 0.25) is 0 Å². The minimum Gasteiger partial charge on any atom is -0.393 e. The smallest absolute Gasteiger partial charge is 0.329 e. The minimum atomic E-state index is -3.90. The predicted octanol–water partition coefficient (Wildman–Crippen LogP) is 4.13. The van der Waals surface area contributed by atoms with E-state index in [-0.39, 0.29) is 46.8 Å². The number of amides is 2. The monoisotopic (exact) mass is 579 g/mol. The Bertz CT molecular complexity index is 1100. The summed E-state index contributed by atoms with van der Waals surface area (Å²) in [6.07, 6.45) is 8.92. The molecule has 0 aromatic carbocycles. The zero-order chi connectivity index (χ0) is 28.8. The van der Waals surface area contributed by atoms with Crippen molar-refractivity contribution in [1.29, 1.82) is 0 Å². The average molecular weight is 580 g/mol. The van der Waals surface area contributed by atoms with E-state index in [1.54, 1.807) is 7.05 Å². The van der Waals surface area contributed by atoms with E-state index in [0.717, 1.165) is 64.2 Å². The van der Waals surface area contributed by atoms with Crippen LogP contribution in [0.15, 0.2) is 0 Å². The summed E-state index contributed by atoms with van der Waals surface area (Å²) in [5.74, 6) is 3.22. The Labute approximate surface area is 241 Å². The van der Waals surface area contributed by atoms with Crippen LogP contribution in [0.1, 0.15) is 91.9 Å². The third kappa shape index (κ3) is 4.22. The van der Waals surface area contributed by atoms with E-state index in [4.69, 9.17) is 0 Å². The average Bonchev–Trinajstić information content (AvgIpc) is 3.22. The quantitative estimate of drug-likeness (QED) is 0.373. The highest BCUT2D eigenvalue weighted by atomic mass is 32.2. The minimum absolute atomic E-state index is 0.0840. The van der Waals surface area contributed by atoms with Gasteiger partial charge in [-0.2, -0.15) is 12.7 Å². The maximum atomic E-state index is 13.0. The molecule has 0 aromatic rings. The summed E-state index contributed by atoms with van der Waals surface area (Å²) in [5.41, 5.74) is -0.123. The van der Waals surface area contributed by atoms with Gasteiger partial charge >= 0.3 is 16.2 Å². The molecule has 5 saturated carbocycles. The number of urea groups is 1. The molecule has 0 spiro atoms. The van der Waals surface area contributed by atoms with Gasteiger partial charge < -0.3 is 15.5 Å². The lowest BCUT2D eigenvalue weighted by atomic mass is 9.40. The number of carbonyl (C=O) groups is 1. The number of nitrogens with one attached hydrogen (secondary N) is 2. The zero-order valence-electron chi connectivity index (χ0n) is 25.2. The maximum Gasteiger partial charge on any atom is 0.329 e. The number of rotatable bonds is 1. The molecule has 8 nitrogen and oxygen atoms in total. The molecule has 40 heavy (non-hydrogen) atoms. The summed E-state index contributed by atoms with van der Waals surface area (Å²) in [6.45, 7) is 9.64. The number of nitrogens with zero attached hydrogens (tertiary/aromatic N) is 1. The van der Waals surface area contributed by atoms with Crippen molar-refractivity contribution in [3.8, 4) is 0 Å². The lowest BCUT2D eigenvalue weighted by molar-refractivity contribution is -0.228. The van der Waals surface area contributed by atoms with E-state index in [2.05, 4.69) is 37.7 Å². The van der Waals surface area contributed by atoms with Gasteiger partial charge in [0.2, 0.25) is 0 Å². The largest absolute Gasteiger partial charge is 0.393 e. The fourth-order valence-corrected chi connectivity index (χ4v) is 12.7. The first kappa shape index (κ1) is 29.2. The van der Waals surface area contributed by atoms with Crippen molar-refractivity contribution >= 4 is 16.2 Å². The Hall–Kier alpha value is -0.900. The number of hydrogen-bond donors (Lipinski definition) is 4. The van der Waals surface area contributed by atoms with Crippen LogP contribution in [0.4, 0.5) is 4.79 Å². The summed E-state index contributed by atoms with van der Waals surface area (Å²) in [6, 6.07) is -0.752. The van der Waals surface area contributed by atoms with Gasteiger partial charge in [0.1, 0.15) is 0 Å². The molecule has 10 rings (SSSR count). The lowest BCUT2D eigenvalue weighted by Crippen LogP contribution is -2.65. The van der Waals surface area contributed by atoms with E-state index in [1.165, 1.54) is 4.31 Å². The Morgan fingerprint density at radius 3 is 2.35 bits per heavy atom. The molecule has 12 atom stereocenters. The van der Waals surface area contributed by atoms with Gasteiger partial charge in [0.15, 0.2) is 0 Å². The molecule has 2 amide bonds. The molecule has 4 N–H and O–H groups in total. The van der Waals surface area contributed by atoms with Crippen molar-refractivity contribution in [3.05, 3.63) is 0 Å². The normalized spacial score (nSPS) is 54.4. The molecule has 228 valence electrons. The highest BCUT2D eigenvalue weighted by molar-refractivity contribution is 7.87. The van der Waals surface area contributed by atoms with Gasteiger partial charge in [-0.15, -0.1) is 0 Å². The molecular formula is C31H53N3O5S. The van der Waals surface area contributed by atoms with Crippen molar-refractivity contribution in [1.82, 2.24) is 14.3 Å². The fraction of sp³-hybridized carbons (Fsp3) is 0.968. The van der Waals surface area contributed by atoms with Crippen LogP contribution in [0.3, 0.4) is 0 Å². The Morgan fingerprint density at radius 2 is 1.65 bits per heavy atom. The number of aliphatic hydroxyl groups is 2. The first-order chi connectivity index (χ1) is 18.8. The summed E-state index contributed by atoms with van der Waals surface area (Å²) >= 11 is 0. The Kier molecular flexibility index (Phi) is 7.36. The van der Waals surface area contributed by atoms with Gasteiger partial charge in [0.25, 0.3) is 0 Å². The van der Waals surface area contributed by atoms with Gasteiger partial charge in [-0.05, 0) is 122 Å². The van der Waals surface area contributed by atoms with Crippen LogP contribution in [-0.4, -0.2) is 60.8 Å². The molecule has 10 fully saturated rings. The van der Waals surface area contributed by atoms with Gasteiger partial charge in [0.05, 0.1) is 12.2 Å². The summed E-state index contributed by atoms with van der Waals surface area (Å²) in [5, 5.41) is 26.9. The molecule has 10 bridgehead atoms. The van der Waals surface area contributed by atoms with Crippen LogP contribution in [0, 0.1) is 64.1 Å². The van der Waals surface area contributed by atoms with Crippen LogP contribution in [0.5, 0.6) is 0 Å². The molecule has 0 radical (unpaired) electrons. The third-order valence-corrected chi connectivity index (χ3v) is 15.6. The standard InChI is InChI=1S/C31H53N3O5S/c1-6-21-24-15-18-9-11-30(24,3)25-16-26(35)31(4)22(7-8-23(31)27(25)28(21)36)17(2)10-12-32-29(37)33-40(38,39)34(5)20-13-19(18)14-20/h17-28,35-36H,6-16H2,1-5H3,(H2,32,33,37)/t17-,18-,19?,20?,21-,22-,23+,24+,25+,26-,27+,28-,30+,31-/m1/s1. The van der Waals surface area contributed by atoms with Crippen LogP contribution < -0.4 is 10.0 Å². The van der Waals surface area contributed by atoms with Gasteiger partial charge in [-0.1, -0.05) is 34.1 Å². The molecule has 10 aliphatic rings. The summed E-state index contributed by atoms with van der Waals surface area (Å²) in [7, 11) is -2.31. The van der Waals surface area contributed by atoms with Crippen molar-refractivity contribution in [2.24, 2.45) is 64.1 Å². The molecule has 5 aliphatic carbocycles. The first-order valence-electron chi connectivity index (χ1n) is 16.2. The van der Waals surface area contributed by atoms with E-state index in [0.29, 0.717) is 42.1 Å². The summed E-state index contributed by atoms with van der Waals surface area (Å²) < 4.78 is 29.5. The second-order valence-electron chi connectivity index (χ2n) is 15.3. The number of hydrogen-bond acceptors (Lipinski definition) is 5. The number of carbonyl (C=O) groups excluding carboxylic acids is 1. The molecular weight excluding hydrogens is 526 g/mol. The first-order valence-corrected chi connectivity index (χ1v) is 17.7. The highest BCUT2D eigenvalue weighted by Gasteiger charge is 2.67. The Balaban J connectivity index is 1.35. The predicted molar refractivity (Wildman–Crippen MR) is 154 cm³/mol. The highest BCUT2D eigenvalue weighted by Crippen LogP contribution is 2.70. The van der Waals surface area contributed by atoms with E-state index in [9.17, 15) is 23.4 Å². The SMILES string of the molecule is CC[C@H]1[C@@H](O)[C@@H]2[C@@H]3C[C@@H](O)[C@]4(C)[C@H](CC[C@@H]24)[C@H](C)CCNC(=O)NS(=O)(=O)N(C)C2CC(C2)[C@@H]2CC[C@@]3(C)[C@H]1C2. The molecule has 9 heteroatoms. The van der Waals surface area contributed by atoms with Gasteiger partial charge in [-0.25, -0.2) is 9.52 Å². The van der Waals surface area contributed by atoms with E-state index < -0.39 is 16.2 Å². The van der Waals surface area contributed by atoms with Gasteiger partial charge in [0, 0.05) is 19.6 Å². The molecule has 0 unspecified atom stereocenters. The van der Waals surface area contributed by atoms with Crippen molar-refractivity contribution in [2.75, 3.05) is 13.6 Å². The van der Waals surface area contributed by atoms with Crippen LogP contribution >= 0.6 is 0 Å². The van der Waals surface area contributed by atoms with E-state index >= 15 is 0 Å². The van der Waals surface area contributed by atoms with Crippen molar-refractivity contribution in [2.45, 2.75) is 110 Å². The van der Waals surface area contributed by atoms with Gasteiger partial charge in [-0.3, -0.25) is 0 Å². The Morgan fingerprint density at radius 1 is 0.950 bits per heavy atom. The van der Waals surface area contributed by atoms with Crippen LogP contribution in [-0.2, 0) is 10.2 Å². The van der Waals surface area contributed by atoms with Crippen molar-refractivity contribution in [3.63, 3.8) is 0 Å². The fourth-order valence-electron chi connectivity index (χ4n) is 11.7. The number of aliphatic hydroxyl groups excluding tert-OH is 2.